The zero-order chi connectivity index (χ0) is 11.0. The first-order valence-electron chi connectivity index (χ1n) is 5.98. The second-order valence-electron chi connectivity index (χ2n) is 4.78. The number of fused-ring (bicyclic) bond motifs is 2. The molecule has 86 valence electrons. The van der Waals surface area contributed by atoms with E-state index < -0.39 is 0 Å². The number of hydrogen-bond donors (Lipinski definition) is 1. The summed E-state index contributed by atoms with van der Waals surface area (Å²) in [7, 11) is 0. The third-order valence-corrected chi connectivity index (χ3v) is 3.56. The third kappa shape index (κ3) is 1.92. The largest absolute Gasteiger partial charge is 0.487 e. The van der Waals surface area contributed by atoms with Gasteiger partial charge >= 0.3 is 0 Å². The van der Waals surface area contributed by atoms with Crippen LogP contribution in [-0.4, -0.2) is 18.2 Å². The van der Waals surface area contributed by atoms with Crippen LogP contribution in [0.5, 0.6) is 5.75 Å². The number of para-hydroxylation sites is 1. The molecular weight excluding hydrogens is 205 g/mol. The van der Waals surface area contributed by atoms with E-state index in [2.05, 4.69) is 5.32 Å². The van der Waals surface area contributed by atoms with Crippen molar-refractivity contribution >= 4 is 0 Å². The van der Waals surface area contributed by atoms with Crippen LogP contribution >= 0.6 is 0 Å². The van der Waals surface area contributed by atoms with Gasteiger partial charge in [-0.3, -0.25) is 0 Å². The summed E-state index contributed by atoms with van der Waals surface area (Å²) in [5, 5.41) is 3.55. The lowest BCUT2D eigenvalue weighted by molar-refractivity contribution is 0.132. The maximum absolute atomic E-state index is 13.4. The molecule has 2 aliphatic rings. The molecule has 3 heteroatoms. The number of halogens is 1. The summed E-state index contributed by atoms with van der Waals surface area (Å²) in [5.41, 5.74) is 0. The Kier molecular flexibility index (Phi) is 2.56. The minimum atomic E-state index is -0.256. The third-order valence-electron chi connectivity index (χ3n) is 3.56. The second-order valence-corrected chi connectivity index (χ2v) is 4.78. The van der Waals surface area contributed by atoms with Crippen molar-refractivity contribution in [2.75, 3.05) is 0 Å². The van der Waals surface area contributed by atoms with Crippen molar-refractivity contribution < 1.29 is 9.13 Å². The minimum Gasteiger partial charge on any atom is -0.487 e. The average Bonchev–Trinajstić information content (AvgIpc) is 2.62. The van der Waals surface area contributed by atoms with Crippen molar-refractivity contribution in [3.8, 4) is 5.75 Å². The van der Waals surface area contributed by atoms with E-state index in [0.717, 1.165) is 12.8 Å². The highest BCUT2D eigenvalue weighted by Crippen LogP contribution is 2.30. The van der Waals surface area contributed by atoms with E-state index in [1.807, 2.05) is 6.07 Å². The monoisotopic (exact) mass is 221 g/mol. The first-order valence-corrected chi connectivity index (χ1v) is 5.98. The van der Waals surface area contributed by atoms with E-state index in [1.54, 1.807) is 12.1 Å². The van der Waals surface area contributed by atoms with Crippen molar-refractivity contribution in [3.63, 3.8) is 0 Å². The van der Waals surface area contributed by atoms with Gasteiger partial charge in [0.25, 0.3) is 0 Å². The molecule has 2 atom stereocenters. The van der Waals surface area contributed by atoms with Crippen LogP contribution in [-0.2, 0) is 0 Å². The SMILES string of the molecule is Fc1ccccc1OC1CC2CCC(C1)N2. The molecule has 0 aliphatic carbocycles. The van der Waals surface area contributed by atoms with Crippen LogP contribution < -0.4 is 10.1 Å². The average molecular weight is 221 g/mol. The molecule has 3 rings (SSSR count). The van der Waals surface area contributed by atoms with E-state index in [4.69, 9.17) is 4.74 Å². The summed E-state index contributed by atoms with van der Waals surface area (Å²) in [5.74, 6) is 0.141. The Morgan fingerprint density at radius 1 is 1.12 bits per heavy atom. The van der Waals surface area contributed by atoms with Gasteiger partial charge in [0.05, 0.1) is 0 Å². The van der Waals surface area contributed by atoms with E-state index in [9.17, 15) is 4.39 Å². The Hall–Kier alpha value is -1.09. The lowest BCUT2D eigenvalue weighted by atomic mass is 10.0. The molecule has 2 fully saturated rings. The predicted octanol–water partition coefficient (Wildman–Crippen LogP) is 2.49. The van der Waals surface area contributed by atoms with Crippen molar-refractivity contribution in [3.05, 3.63) is 30.1 Å². The number of ether oxygens (including phenoxy) is 1. The molecule has 0 radical (unpaired) electrons. The Labute approximate surface area is 94.8 Å². The van der Waals surface area contributed by atoms with E-state index >= 15 is 0 Å². The van der Waals surface area contributed by atoms with Gasteiger partial charge in [0.1, 0.15) is 6.10 Å². The van der Waals surface area contributed by atoms with Crippen LogP contribution in [0.25, 0.3) is 0 Å². The molecular formula is C13H16FNO. The standard InChI is InChI=1S/C13H16FNO/c14-12-3-1-2-4-13(12)16-11-7-9-5-6-10(8-11)15-9/h1-4,9-11,15H,5-8H2. The maximum atomic E-state index is 13.4. The Morgan fingerprint density at radius 3 is 2.50 bits per heavy atom. The van der Waals surface area contributed by atoms with Gasteiger partial charge in [0.2, 0.25) is 0 Å². The fourth-order valence-electron chi connectivity index (χ4n) is 2.82. The highest BCUT2D eigenvalue weighted by molar-refractivity contribution is 5.24. The number of rotatable bonds is 2. The van der Waals surface area contributed by atoms with Gasteiger partial charge < -0.3 is 10.1 Å². The molecule has 2 aliphatic heterocycles. The quantitative estimate of drug-likeness (QED) is 0.828. The highest BCUT2D eigenvalue weighted by atomic mass is 19.1. The van der Waals surface area contributed by atoms with Gasteiger partial charge in [-0.05, 0) is 37.8 Å². The van der Waals surface area contributed by atoms with Crippen molar-refractivity contribution in [1.29, 1.82) is 0 Å². The predicted molar refractivity (Wildman–Crippen MR) is 60.0 cm³/mol. The summed E-state index contributed by atoms with van der Waals surface area (Å²) in [6.45, 7) is 0. The molecule has 1 N–H and O–H groups in total. The minimum absolute atomic E-state index is 0.177. The smallest absolute Gasteiger partial charge is 0.165 e. The van der Waals surface area contributed by atoms with Crippen LogP contribution in [0.4, 0.5) is 4.39 Å². The van der Waals surface area contributed by atoms with Gasteiger partial charge in [-0.2, -0.15) is 0 Å². The van der Waals surface area contributed by atoms with Gasteiger partial charge in [-0.15, -0.1) is 0 Å². The normalized spacial score (nSPS) is 32.7. The summed E-state index contributed by atoms with van der Waals surface area (Å²) >= 11 is 0. The lowest BCUT2D eigenvalue weighted by Gasteiger charge is -2.29. The topological polar surface area (TPSA) is 21.3 Å². The number of hydrogen-bond acceptors (Lipinski definition) is 2. The number of nitrogens with one attached hydrogen (secondary N) is 1. The molecule has 1 aromatic rings. The van der Waals surface area contributed by atoms with Crippen LogP contribution in [0.3, 0.4) is 0 Å². The molecule has 2 unspecified atom stereocenters. The summed E-state index contributed by atoms with van der Waals surface area (Å²) < 4.78 is 19.2. The van der Waals surface area contributed by atoms with Gasteiger partial charge in [0.15, 0.2) is 11.6 Å². The zero-order valence-corrected chi connectivity index (χ0v) is 9.16. The van der Waals surface area contributed by atoms with Crippen molar-refractivity contribution in [2.24, 2.45) is 0 Å². The first-order chi connectivity index (χ1) is 7.81. The fraction of sp³-hybridized carbons (Fsp3) is 0.538. The van der Waals surface area contributed by atoms with Gasteiger partial charge in [-0.25, -0.2) is 4.39 Å². The molecule has 16 heavy (non-hydrogen) atoms. The summed E-state index contributed by atoms with van der Waals surface area (Å²) in [4.78, 5) is 0. The summed E-state index contributed by atoms with van der Waals surface area (Å²) in [6, 6.07) is 7.82. The van der Waals surface area contributed by atoms with Crippen LogP contribution in [0.1, 0.15) is 25.7 Å². The Balaban J connectivity index is 1.69. The molecule has 2 nitrogen and oxygen atoms in total. The van der Waals surface area contributed by atoms with Gasteiger partial charge in [0, 0.05) is 12.1 Å². The zero-order valence-electron chi connectivity index (χ0n) is 9.16. The Bertz CT molecular complexity index is 370. The molecule has 1 aromatic carbocycles. The molecule has 0 spiro atoms. The fourth-order valence-corrected chi connectivity index (χ4v) is 2.82. The van der Waals surface area contributed by atoms with E-state index in [1.165, 1.54) is 18.9 Å². The first kappa shape index (κ1) is 10.1. The van der Waals surface area contributed by atoms with Gasteiger partial charge in [-0.1, -0.05) is 12.1 Å². The second kappa shape index (κ2) is 4.06. The van der Waals surface area contributed by atoms with Crippen LogP contribution in [0.2, 0.25) is 0 Å². The van der Waals surface area contributed by atoms with Crippen LogP contribution in [0, 0.1) is 5.82 Å². The highest BCUT2D eigenvalue weighted by Gasteiger charge is 2.34. The number of piperidine rings is 1. The lowest BCUT2D eigenvalue weighted by Crippen LogP contribution is -2.42. The molecule has 0 aromatic heterocycles. The van der Waals surface area contributed by atoms with Crippen LogP contribution in [0.15, 0.2) is 24.3 Å². The molecule has 2 saturated heterocycles. The molecule has 0 saturated carbocycles. The molecule has 2 bridgehead atoms. The summed E-state index contributed by atoms with van der Waals surface area (Å²) in [6.07, 6.45) is 4.66. The maximum Gasteiger partial charge on any atom is 0.165 e. The van der Waals surface area contributed by atoms with E-state index in [-0.39, 0.29) is 11.9 Å². The van der Waals surface area contributed by atoms with Crippen molar-refractivity contribution in [1.82, 2.24) is 5.32 Å². The van der Waals surface area contributed by atoms with Crippen molar-refractivity contribution in [2.45, 2.75) is 43.9 Å². The molecule has 0 amide bonds. The Morgan fingerprint density at radius 2 is 1.81 bits per heavy atom. The number of benzene rings is 1. The van der Waals surface area contributed by atoms with E-state index in [0.29, 0.717) is 17.8 Å². The molecule has 2 heterocycles.